The Morgan fingerprint density at radius 3 is 2.46 bits per heavy atom. The van der Waals surface area contributed by atoms with Crippen LogP contribution in [0.2, 0.25) is 0 Å². The second kappa shape index (κ2) is 6.81. The molecule has 1 N–H and O–H groups in total. The Kier molecular flexibility index (Phi) is 4.49. The van der Waals surface area contributed by atoms with Gasteiger partial charge in [0.1, 0.15) is 0 Å². The van der Waals surface area contributed by atoms with Crippen molar-refractivity contribution < 1.29 is 17.7 Å². The summed E-state index contributed by atoms with van der Waals surface area (Å²) in [7, 11) is -3.47. The molecule has 0 unspecified atom stereocenters. The van der Waals surface area contributed by atoms with Crippen LogP contribution < -0.4 is 5.32 Å². The first-order valence-electron chi connectivity index (χ1n) is 8.79. The molecule has 9 heteroatoms. The summed E-state index contributed by atoms with van der Waals surface area (Å²) >= 11 is 0. The van der Waals surface area contributed by atoms with Crippen molar-refractivity contribution in [2.24, 2.45) is 0 Å². The van der Waals surface area contributed by atoms with E-state index in [0.29, 0.717) is 18.7 Å². The van der Waals surface area contributed by atoms with Gasteiger partial charge in [0.2, 0.25) is 15.8 Å². The van der Waals surface area contributed by atoms with E-state index < -0.39 is 10.0 Å². The van der Waals surface area contributed by atoms with Crippen LogP contribution >= 0.6 is 0 Å². The molecule has 26 heavy (non-hydrogen) atoms. The van der Waals surface area contributed by atoms with Crippen LogP contribution in [0.15, 0.2) is 33.7 Å². The summed E-state index contributed by atoms with van der Waals surface area (Å²) in [4.78, 5) is 16.2. The van der Waals surface area contributed by atoms with E-state index in [9.17, 15) is 13.2 Å². The molecule has 1 saturated heterocycles. The monoisotopic (exact) mass is 376 g/mol. The molecule has 2 aromatic rings. The molecule has 1 aromatic heterocycles. The lowest BCUT2D eigenvalue weighted by Gasteiger charge is -2.25. The summed E-state index contributed by atoms with van der Waals surface area (Å²) in [5, 5.41) is 6.59. The fourth-order valence-electron chi connectivity index (χ4n) is 2.94. The predicted molar refractivity (Wildman–Crippen MR) is 92.8 cm³/mol. The van der Waals surface area contributed by atoms with Crippen molar-refractivity contribution in [1.82, 2.24) is 19.8 Å². The third-order valence-electron chi connectivity index (χ3n) is 4.60. The highest BCUT2D eigenvalue weighted by Gasteiger charge is 2.27. The summed E-state index contributed by atoms with van der Waals surface area (Å²) in [5.74, 6) is -0.208. The molecule has 138 valence electrons. The largest absolute Gasteiger partial charge is 0.345 e. The van der Waals surface area contributed by atoms with Crippen LogP contribution in [0.25, 0.3) is 11.4 Å². The summed E-state index contributed by atoms with van der Waals surface area (Å²) in [6.45, 7) is 1.13. The zero-order valence-corrected chi connectivity index (χ0v) is 15.0. The van der Waals surface area contributed by atoms with Gasteiger partial charge >= 0.3 is 11.8 Å². The number of hydrogen-bond donors (Lipinski definition) is 1. The number of hydrogen-bond acceptors (Lipinski definition) is 6. The van der Waals surface area contributed by atoms with Crippen molar-refractivity contribution in [1.29, 1.82) is 0 Å². The zero-order valence-electron chi connectivity index (χ0n) is 14.2. The lowest BCUT2D eigenvalue weighted by atomic mass is 10.2. The average molecular weight is 376 g/mol. The molecule has 0 atom stereocenters. The third kappa shape index (κ3) is 3.49. The third-order valence-corrected chi connectivity index (χ3v) is 6.51. The minimum atomic E-state index is -3.47. The SMILES string of the molecule is O=C(NC1CC1)c1nc(-c2ccc(S(=O)(=O)N3CCCCC3)cc2)no1. The zero-order chi connectivity index (χ0) is 18.1. The molecule has 1 aliphatic heterocycles. The molecule has 0 bridgehead atoms. The first-order chi connectivity index (χ1) is 12.5. The van der Waals surface area contributed by atoms with Gasteiger partial charge in [-0.25, -0.2) is 8.42 Å². The maximum atomic E-state index is 12.7. The van der Waals surface area contributed by atoms with Gasteiger partial charge in [0, 0.05) is 24.7 Å². The van der Waals surface area contributed by atoms with Gasteiger partial charge in [0.15, 0.2) is 0 Å². The van der Waals surface area contributed by atoms with E-state index in [2.05, 4.69) is 15.5 Å². The Morgan fingerprint density at radius 2 is 1.81 bits per heavy atom. The van der Waals surface area contributed by atoms with E-state index in [0.717, 1.165) is 32.1 Å². The first-order valence-corrected chi connectivity index (χ1v) is 10.2. The normalized spacial score (nSPS) is 18.6. The highest BCUT2D eigenvalue weighted by atomic mass is 32.2. The molecule has 0 radical (unpaired) electrons. The highest BCUT2D eigenvalue weighted by Crippen LogP contribution is 2.24. The van der Waals surface area contributed by atoms with Crippen LogP contribution in [0, 0.1) is 0 Å². The lowest BCUT2D eigenvalue weighted by molar-refractivity contribution is 0.0907. The van der Waals surface area contributed by atoms with Gasteiger partial charge in [-0.2, -0.15) is 9.29 Å². The van der Waals surface area contributed by atoms with Crippen molar-refractivity contribution in [2.75, 3.05) is 13.1 Å². The van der Waals surface area contributed by atoms with E-state index in [1.165, 1.54) is 4.31 Å². The molecule has 1 amide bonds. The number of amides is 1. The van der Waals surface area contributed by atoms with Crippen molar-refractivity contribution in [3.05, 3.63) is 30.2 Å². The predicted octanol–water partition coefficient (Wildman–Crippen LogP) is 1.80. The van der Waals surface area contributed by atoms with Gasteiger partial charge < -0.3 is 9.84 Å². The maximum Gasteiger partial charge on any atom is 0.316 e. The summed E-state index contributed by atoms with van der Waals surface area (Å²) in [5.41, 5.74) is 0.594. The number of nitrogens with one attached hydrogen (secondary N) is 1. The Morgan fingerprint density at radius 1 is 1.12 bits per heavy atom. The van der Waals surface area contributed by atoms with Crippen LogP contribution in [0.1, 0.15) is 42.8 Å². The Balaban J connectivity index is 1.50. The van der Waals surface area contributed by atoms with Crippen molar-refractivity contribution in [3.8, 4) is 11.4 Å². The van der Waals surface area contributed by atoms with E-state index >= 15 is 0 Å². The topological polar surface area (TPSA) is 105 Å². The van der Waals surface area contributed by atoms with Gasteiger partial charge in [-0.3, -0.25) is 4.79 Å². The molecule has 2 aliphatic rings. The second-order valence-corrected chi connectivity index (χ2v) is 8.60. The Labute approximate surface area is 151 Å². The van der Waals surface area contributed by atoms with Crippen molar-refractivity contribution in [2.45, 2.75) is 43.0 Å². The molecule has 8 nitrogen and oxygen atoms in total. The van der Waals surface area contributed by atoms with Crippen molar-refractivity contribution >= 4 is 15.9 Å². The summed E-state index contributed by atoms with van der Waals surface area (Å²) in [6, 6.07) is 6.55. The molecule has 2 fully saturated rings. The fraction of sp³-hybridized carbons (Fsp3) is 0.471. The molecular formula is C17H20N4O4S. The van der Waals surface area contributed by atoms with Crippen molar-refractivity contribution in [3.63, 3.8) is 0 Å². The molecule has 1 saturated carbocycles. The Hall–Kier alpha value is -2.26. The van der Waals surface area contributed by atoms with E-state index in [1.807, 2.05) is 0 Å². The quantitative estimate of drug-likeness (QED) is 0.853. The Bertz CT molecular complexity index is 897. The molecule has 1 aromatic carbocycles. The highest BCUT2D eigenvalue weighted by molar-refractivity contribution is 7.89. The average Bonchev–Trinajstić information content (AvgIpc) is 3.34. The maximum absolute atomic E-state index is 12.7. The first kappa shape index (κ1) is 17.2. The number of rotatable bonds is 5. The van der Waals surface area contributed by atoms with Gasteiger partial charge in [0.05, 0.1) is 4.90 Å². The van der Waals surface area contributed by atoms with Gasteiger partial charge in [-0.05, 0) is 49.9 Å². The van der Waals surface area contributed by atoms with E-state index in [-0.39, 0.29) is 28.6 Å². The van der Waals surface area contributed by atoms with Crippen LogP contribution in [-0.4, -0.2) is 47.9 Å². The summed E-state index contributed by atoms with van der Waals surface area (Å²) < 4.78 is 31.9. The minimum Gasteiger partial charge on any atom is -0.345 e. The standard InChI is InChI=1S/C17H20N4O4S/c22-16(18-13-6-7-13)17-19-15(20-25-17)12-4-8-14(9-5-12)26(23,24)21-10-2-1-3-11-21/h4-5,8-9,13H,1-3,6-7,10-11H2,(H,18,22). The molecule has 0 spiro atoms. The van der Waals surface area contributed by atoms with Gasteiger partial charge in [-0.1, -0.05) is 11.6 Å². The van der Waals surface area contributed by atoms with Crippen LogP contribution in [0.5, 0.6) is 0 Å². The second-order valence-electron chi connectivity index (χ2n) is 6.66. The number of nitrogens with zero attached hydrogens (tertiary/aromatic N) is 3. The number of carbonyl (C=O) groups is 1. The van der Waals surface area contributed by atoms with Crippen LogP contribution in [0.3, 0.4) is 0 Å². The van der Waals surface area contributed by atoms with Gasteiger partial charge in [-0.15, -0.1) is 0 Å². The number of piperidine rings is 1. The number of carbonyl (C=O) groups excluding carboxylic acids is 1. The smallest absolute Gasteiger partial charge is 0.316 e. The number of aromatic nitrogens is 2. The van der Waals surface area contributed by atoms with Crippen LogP contribution in [0.4, 0.5) is 0 Å². The molecular weight excluding hydrogens is 356 g/mol. The number of benzene rings is 1. The summed E-state index contributed by atoms with van der Waals surface area (Å²) in [6.07, 6.45) is 4.80. The minimum absolute atomic E-state index is 0.0862. The lowest BCUT2D eigenvalue weighted by Crippen LogP contribution is -2.35. The van der Waals surface area contributed by atoms with E-state index in [4.69, 9.17) is 4.52 Å². The van der Waals surface area contributed by atoms with Crippen LogP contribution in [-0.2, 0) is 10.0 Å². The molecule has 1 aliphatic carbocycles. The molecule has 2 heterocycles. The molecule has 4 rings (SSSR count). The van der Waals surface area contributed by atoms with E-state index in [1.54, 1.807) is 24.3 Å². The number of sulfonamides is 1. The van der Waals surface area contributed by atoms with Gasteiger partial charge in [0.25, 0.3) is 0 Å². The fourth-order valence-corrected chi connectivity index (χ4v) is 4.46.